The highest BCUT2D eigenvalue weighted by molar-refractivity contribution is 7.10. The number of carbonyl (C=O) groups excluding carboxylic acids is 3. The molecule has 1 atom stereocenters. The average molecular weight is 426 g/mol. The van der Waals surface area contributed by atoms with Gasteiger partial charge < -0.3 is 15.4 Å². The summed E-state index contributed by atoms with van der Waals surface area (Å²) in [6.07, 6.45) is -0.148. The van der Waals surface area contributed by atoms with Crippen LogP contribution in [0.15, 0.2) is 35.7 Å². The molecular formula is C17H16ClN3O6S. The molecule has 0 aliphatic rings. The Labute approximate surface area is 168 Å². The Morgan fingerprint density at radius 1 is 1.32 bits per heavy atom. The van der Waals surface area contributed by atoms with Crippen LogP contribution in [-0.2, 0) is 19.1 Å². The predicted molar refractivity (Wildman–Crippen MR) is 103 cm³/mol. The number of carbonyl (C=O) groups is 3. The number of halogens is 1. The second-order valence-electron chi connectivity index (χ2n) is 5.60. The van der Waals surface area contributed by atoms with Crippen LogP contribution in [0.5, 0.6) is 0 Å². The monoisotopic (exact) mass is 425 g/mol. The van der Waals surface area contributed by atoms with E-state index in [9.17, 15) is 24.5 Å². The number of nitrogens with zero attached hydrogens (tertiary/aromatic N) is 1. The fourth-order valence-electron chi connectivity index (χ4n) is 2.24. The van der Waals surface area contributed by atoms with Gasteiger partial charge in [0, 0.05) is 23.9 Å². The average Bonchev–Trinajstić information content (AvgIpc) is 3.15. The first-order chi connectivity index (χ1) is 13.3. The minimum Gasteiger partial charge on any atom is -0.455 e. The molecule has 0 aliphatic heterocycles. The van der Waals surface area contributed by atoms with Crippen LogP contribution < -0.4 is 10.6 Å². The van der Waals surface area contributed by atoms with Crippen molar-refractivity contribution in [3.63, 3.8) is 0 Å². The van der Waals surface area contributed by atoms with E-state index in [1.807, 2.05) is 5.38 Å². The van der Waals surface area contributed by atoms with Crippen LogP contribution in [0.25, 0.3) is 0 Å². The molecule has 1 aromatic heterocycles. The van der Waals surface area contributed by atoms with Crippen molar-refractivity contribution in [1.29, 1.82) is 0 Å². The zero-order chi connectivity index (χ0) is 20.7. The maximum absolute atomic E-state index is 12.0. The molecule has 11 heteroatoms. The molecule has 0 spiro atoms. The Bertz CT molecular complexity index is 887. The summed E-state index contributed by atoms with van der Waals surface area (Å²) in [6, 6.07) is 6.59. The number of nitro benzene ring substituents is 1. The summed E-state index contributed by atoms with van der Waals surface area (Å²) in [5.74, 6) is -1.69. The molecule has 2 aromatic rings. The van der Waals surface area contributed by atoms with Gasteiger partial charge in [-0.3, -0.25) is 24.5 Å². The summed E-state index contributed by atoms with van der Waals surface area (Å²) in [5.41, 5.74) is -0.211. The van der Waals surface area contributed by atoms with E-state index >= 15 is 0 Å². The number of benzene rings is 1. The molecule has 2 rings (SSSR count). The van der Waals surface area contributed by atoms with Crippen molar-refractivity contribution in [3.8, 4) is 0 Å². The van der Waals surface area contributed by atoms with E-state index in [2.05, 4.69) is 10.6 Å². The van der Waals surface area contributed by atoms with Gasteiger partial charge in [-0.25, -0.2) is 0 Å². The number of amides is 2. The van der Waals surface area contributed by atoms with Gasteiger partial charge in [-0.1, -0.05) is 17.7 Å². The van der Waals surface area contributed by atoms with Crippen molar-refractivity contribution in [3.05, 3.63) is 55.7 Å². The van der Waals surface area contributed by atoms with Gasteiger partial charge in [-0.05, 0) is 17.5 Å². The molecule has 0 saturated heterocycles. The maximum Gasteiger partial charge on any atom is 0.308 e. The normalized spacial score (nSPS) is 11.4. The topological polar surface area (TPSA) is 128 Å². The number of hydrogen-bond donors (Lipinski definition) is 2. The van der Waals surface area contributed by atoms with E-state index in [1.165, 1.54) is 30.4 Å². The zero-order valence-corrected chi connectivity index (χ0v) is 16.2. The van der Waals surface area contributed by atoms with Gasteiger partial charge in [0.05, 0.1) is 28.1 Å². The van der Waals surface area contributed by atoms with Crippen LogP contribution >= 0.6 is 22.9 Å². The third-order valence-corrected chi connectivity index (χ3v) is 4.75. The third kappa shape index (κ3) is 6.32. The van der Waals surface area contributed by atoms with E-state index in [0.717, 1.165) is 10.9 Å². The lowest BCUT2D eigenvalue weighted by atomic mass is 10.1. The van der Waals surface area contributed by atoms with Crippen molar-refractivity contribution in [2.75, 3.05) is 11.9 Å². The van der Waals surface area contributed by atoms with Crippen molar-refractivity contribution in [1.82, 2.24) is 5.32 Å². The zero-order valence-electron chi connectivity index (χ0n) is 14.6. The summed E-state index contributed by atoms with van der Waals surface area (Å²) in [5, 5.41) is 17.7. The number of thiophene rings is 1. The van der Waals surface area contributed by atoms with Crippen LogP contribution in [0.1, 0.15) is 24.3 Å². The lowest BCUT2D eigenvalue weighted by Gasteiger charge is -2.15. The van der Waals surface area contributed by atoms with Gasteiger partial charge >= 0.3 is 5.97 Å². The number of nitrogens with one attached hydrogen (secondary N) is 2. The van der Waals surface area contributed by atoms with E-state index in [4.69, 9.17) is 16.3 Å². The first-order valence-corrected chi connectivity index (χ1v) is 9.22. The van der Waals surface area contributed by atoms with Crippen molar-refractivity contribution < 1.29 is 24.0 Å². The third-order valence-electron chi connectivity index (χ3n) is 3.43. The number of hydrogen-bond acceptors (Lipinski definition) is 7. The van der Waals surface area contributed by atoms with E-state index in [-0.39, 0.29) is 28.7 Å². The van der Waals surface area contributed by atoms with E-state index < -0.39 is 29.4 Å². The molecule has 1 heterocycles. The second kappa shape index (κ2) is 9.81. The summed E-state index contributed by atoms with van der Waals surface area (Å²) in [6.45, 7) is 0.733. The Balaban J connectivity index is 1.91. The number of anilines is 1. The molecule has 0 aliphatic carbocycles. The highest BCUT2D eigenvalue weighted by atomic mass is 35.5. The van der Waals surface area contributed by atoms with Gasteiger partial charge in [0.15, 0.2) is 6.61 Å². The molecule has 2 amide bonds. The van der Waals surface area contributed by atoms with E-state index in [1.54, 1.807) is 12.1 Å². The van der Waals surface area contributed by atoms with Crippen LogP contribution in [0.3, 0.4) is 0 Å². The largest absolute Gasteiger partial charge is 0.455 e. The molecule has 1 aromatic carbocycles. The number of ether oxygens (including phenoxy) is 1. The highest BCUT2D eigenvalue weighted by Gasteiger charge is 2.20. The van der Waals surface area contributed by atoms with Crippen molar-refractivity contribution >= 4 is 52.1 Å². The second-order valence-corrected chi connectivity index (χ2v) is 6.99. The number of nitro groups is 1. The summed E-state index contributed by atoms with van der Waals surface area (Å²) in [7, 11) is 0. The van der Waals surface area contributed by atoms with Crippen molar-refractivity contribution in [2.45, 2.75) is 19.4 Å². The lowest BCUT2D eigenvalue weighted by molar-refractivity contribution is -0.384. The van der Waals surface area contributed by atoms with Gasteiger partial charge in [-0.2, -0.15) is 0 Å². The first-order valence-electron chi connectivity index (χ1n) is 7.96. The first kappa shape index (κ1) is 21.3. The summed E-state index contributed by atoms with van der Waals surface area (Å²) < 4.78 is 4.93. The lowest BCUT2D eigenvalue weighted by Crippen LogP contribution is -2.29. The minimum absolute atomic E-state index is 0.0339. The Morgan fingerprint density at radius 3 is 2.68 bits per heavy atom. The molecule has 1 unspecified atom stereocenters. The molecule has 0 bridgehead atoms. The maximum atomic E-state index is 12.0. The molecule has 0 fully saturated rings. The van der Waals surface area contributed by atoms with Gasteiger partial charge in [0.1, 0.15) is 0 Å². The molecule has 2 N–H and O–H groups in total. The SMILES string of the molecule is CC(=O)NC(CC(=O)OCC(=O)Nc1cc([N+](=O)[O-])ccc1Cl)c1cccs1. The molecular weight excluding hydrogens is 410 g/mol. The van der Waals surface area contributed by atoms with Gasteiger partial charge in [0.2, 0.25) is 5.91 Å². The Morgan fingerprint density at radius 2 is 2.07 bits per heavy atom. The van der Waals surface area contributed by atoms with Crippen molar-refractivity contribution in [2.24, 2.45) is 0 Å². The Kier molecular flexibility index (Phi) is 7.47. The molecule has 9 nitrogen and oxygen atoms in total. The highest BCUT2D eigenvalue weighted by Crippen LogP contribution is 2.26. The van der Waals surface area contributed by atoms with Crippen LogP contribution in [0, 0.1) is 10.1 Å². The summed E-state index contributed by atoms with van der Waals surface area (Å²) >= 11 is 7.27. The van der Waals surface area contributed by atoms with Gasteiger partial charge in [-0.15, -0.1) is 11.3 Å². The molecule has 148 valence electrons. The molecule has 28 heavy (non-hydrogen) atoms. The minimum atomic E-state index is -0.706. The van der Waals surface area contributed by atoms with Crippen LogP contribution in [0.2, 0.25) is 5.02 Å². The van der Waals surface area contributed by atoms with Gasteiger partial charge in [0.25, 0.3) is 11.6 Å². The molecule has 0 radical (unpaired) electrons. The predicted octanol–water partition coefficient (Wildman–Crippen LogP) is 3.06. The van der Waals surface area contributed by atoms with Crippen LogP contribution in [-0.4, -0.2) is 29.3 Å². The van der Waals surface area contributed by atoms with Crippen LogP contribution in [0.4, 0.5) is 11.4 Å². The fourth-order valence-corrected chi connectivity index (χ4v) is 3.18. The van der Waals surface area contributed by atoms with E-state index in [0.29, 0.717) is 0 Å². The molecule has 0 saturated carbocycles. The summed E-state index contributed by atoms with van der Waals surface area (Å²) in [4.78, 5) is 46.3. The number of non-ortho nitro benzene ring substituents is 1. The Hall–Kier alpha value is -2.98. The standard InChI is InChI=1S/C17H16ClN3O6S/c1-10(22)19-14(15-3-2-6-28-15)8-17(24)27-9-16(23)20-13-7-11(21(25)26)4-5-12(13)18/h2-7,14H,8-9H2,1H3,(H,19,22)(H,20,23). The quantitative estimate of drug-likeness (QED) is 0.380. The fraction of sp³-hybridized carbons (Fsp3) is 0.235. The smallest absolute Gasteiger partial charge is 0.308 e. The number of rotatable bonds is 8. The number of esters is 1.